The van der Waals surface area contributed by atoms with Gasteiger partial charge in [-0.2, -0.15) is 5.10 Å². The minimum absolute atomic E-state index is 0.121. The summed E-state index contributed by atoms with van der Waals surface area (Å²) in [5.74, 6) is 1.11. The first-order valence-corrected chi connectivity index (χ1v) is 9.94. The fraction of sp³-hybridized carbons (Fsp3) is 0.125. The molecule has 3 heterocycles. The fourth-order valence-corrected chi connectivity index (χ4v) is 3.59. The number of ether oxygens (including phenoxy) is 2. The third-order valence-electron chi connectivity index (χ3n) is 5.13. The lowest BCUT2D eigenvalue weighted by atomic mass is 10.1. The number of aromatic amines is 1. The first kappa shape index (κ1) is 18.9. The van der Waals surface area contributed by atoms with Crippen molar-refractivity contribution in [2.24, 2.45) is 0 Å². The molecule has 0 saturated carbocycles. The summed E-state index contributed by atoms with van der Waals surface area (Å²) in [4.78, 5) is 19.7. The molecule has 0 aliphatic carbocycles. The summed E-state index contributed by atoms with van der Waals surface area (Å²) >= 11 is 0. The van der Waals surface area contributed by atoms with Gasteiger partial charge in [0.1, 0.15) is 0 Å². The van der Waals surface area contributed by atoms with E-state index in [0.717, 1.165) is 22.5 Å². The van der Waals surface area contributed by atoms with Crippen LogP contribution in [0.3, 0.4) is 0 Å². The first-order chi connectivity index (χ1) is 15.3. The summed E-state index contributed by atoms with van der Waals surface area (Å²) in [5, 5.41) is 7.29. The summed E-state index contributed by atoms with van der Waals surface area (Å²) < 4.78 is 10.8. The highest BCUT2D eigenvalue weighted by Crippen LogP contribution is 2.33. The van der Waals surface area contributed by atoms with Gasteiger partial charge in [0.2, 0.25) is 6.79 Å². The molecule has 1 aliphatic heterocycles. The van der Waals surface area contributed by atoms with Crippen LogP contribution >= 0.6 is 0 Å². The van der Waals surface area contributed by atoms with Gasteiger partial charge in [0.25, 0.3) is 5.91 Å². The average Bonchev–Trinajstić information content (AvgIpc) is 3.48. The molecule has 1 N–H and O–H groups in total. The predicted octanol–water partition coefficient (Wildman–Crippen LogP) is 4.04. The Bertz CT molecular complexity index is 1190. The second-order valence-electron chi connectivity index (χ2n) is 7.19. The van der Waals surface area contributed by atoms with Crippen LogP contribution in [0.25, 0.3) is 11.3 Å². The van der Waals surface area contributed by atoms with Crippen molar-refractivity contribution in [3.63, 3.8) is 0 Å². The Morgan fingerprint density at radius 2 is 1.81 bits per heavy atom. The molecule has 4 aromatic rings. The quantitative estimate of drug-likeness (QED) is 0.517. The maximum absolute atomic E-state index is 13.5. The number of rotatable bonds is 6. The van der Waals surface area contributed by atoms with Crippen LogP contribution in [0.4, 0.5) is 0 Å². The summed E-state index contributed by atoms with van der Waals surface area (Å²) in [7, 11) is 0. The van der Waals surface area contributed by atoms with Gasteiger partial charge in [0, 0.05) is 17.3 Å². The zero-order valence-electron chi connectivity index (χ0n) is 16.7. The maximum atomic E-state index is 13.5. The van der Waals surface area contributed by atoms with Crippen molar-refractivity contribution in [1.82, 2.24) is 20.1 Å². The maximum Gasteiger partial charge on any atom is 0.254 e. The van der Waals surface area contributed by atoms with E-state index in [9.17, 15) is 4.79 Å². The second-order valence-corrected chi connectivity index (χ2v) is 7.19. The Labute approximate surface area is 179 Å². The van der Waals surface area contributed by atoms with Crippen molar-refractivity contribution in [1.29, 1.82) is 0 Å². The van der Waals surface area contributed by atoms with Gasteiger partial charge >= 0.3 is 0 Å². The summed E-state index contributed by atoms with van der Waals surface area (Å²) in [6.07, 6.45) is 3.49. The number of hydrogen-bond acceptors (Lipinski definition) is 5. The van der Waals surface area contributed by atoms with Crippen LogP contribution in [-0.4, -0.2) is 32.8 Å². The Morgan fingerprint density at radius 3 is 2.65 bits per heavy atom. The van der Waals surface area contributed by atoms with E-state index < -0.39 is 0 Å². The van der Waals surface area contributed by atoms with Gasteiger partial charge in [0.15, 0.2) is 11.5 Å². The van der Waals surface area contributed by atoms with Crippen molar-refractivity contribution >= 4 is 5.91 Å². The standard InChI is InChI=1S/C24H20N4O3/c29-24(18-9-10-21-22(12-18)31-16-30-21)28(15-20-8-4-5-11-25-20)14-19-13-26-27-23(19)17-6-2-1-3-7-17/h1-13H,14-16H2,(H,26,27). The zero-order valence-corrected chi connectivity index (χ0v) is 16.7. The normalized spacial score (nSPS) is 12.0. The first-order valence-electron chi connectivity index (χ1n) is 9.94. The minimum Gasteiger partial charge on any atom is -0.454 e. The van der Waals surface area contributed by atoms with Gasteiger partial charge in [-0.1, -0.05) is 36.4 Å². The third kappa shape index (κ3) is 3.98. The van der Waals surface area contributed by atoms with Crippen LogP contribution < -0.4 is 9.47 Å². The number of benzene rings is 2. The molecule has 2 aromatic heterocycles. The number of carbonyl (C=O) groups is 1. The van der Waals surface area contributed by atoms with Crippen molar-refractivity contribution < 1.29 is 14.3 Å². The van der Waals surface area contributed by atoms with E-state index >= 15 is 0 Å². The van der Waals surface area contributed by atoms with E-state index in [1.807, 2.05) is 48.5 Å². The number of carbonyl (C=O) groups excluding carboxylic acids is 1. The fourth-order valence-electron chi connectivity index (χ4n) is 3.59. The molecule has 1 aliphatic rings. The summed E-state index contributed by atoms with van der Waals surface area (Å²) in [6.45, 7) is 0.915. The van der Waals surface area contributed by atoms with Gasteiger partial charge in [-0.15, -0.1) is 0 Å². The van der Waals surface area contributed by atoms with Gasteiger partial charge in [-0.05, 0) is 35.9 Å². The molecule has 0 spiro atoms. The number of nitrogens with zero attached hydrogens (tertiary/aromatic N) is 3. The Morgan fingerprint density at radius 1 is 0.968 bits per heavy atom. The molecular weight excluding hydrogens is 392 g/mol. The van der Waals surface area contributed by atoms with E-state index in [0.29, 0.717) is 30.2 Å². The molecule has 0 radical (unpaired) electrons. The van der Waals surface area contributed by atoms with Gasteiger partial charge in [-0.25, -0.2) is 0 Å². The molecule has 1 amide bonds. The van der Waals surface area contributed by atoms with Gasteiger partial charge < -0.3 is 14.4 Å². The molecule has 0 saturated heterocycles. The smallest absolute Gasteiger partial charge is 0.254 e. The molecule has 0 bridgehead atoms. The van der Waals surface area contributed by atoms with Crippen LogP contribution in [0, 0.1) is 0 Å². The van der Waals surface area contributed by atoms with E-state index in [-0.39, 0.29) is 12.7 Å². The Kier molecular flexibility index (Phi) is 5.06. The van der Waals surface area contributed by atoms with Crippen molar-refractivity contribution in [2.45, 2.75) is 13.1 Å². The third-order valence-corrected chi connectivity index (χ3v) is 5.13. The molecule has 7 nitrogen and oxygen atoms in total. The molecule has 0 fully saturated rings. The number of H-pyrrole nitrogens is 1. The number of fused-ring (bicyclic) bond motifs is 1. The van der Waals surface area contributed by atoms with Crippen molar-refractivity contribution in [3.05, 3.63) is 95.9 Å². The molecule has 31 heavy (non-hydrogen) atoms. The van der Waals surface area contributed by atoms with Crippen molar-refractivity contribution in [2.75, 3.05) is 6.79 Å². The lowest BCUT2D eigenvalue weighted by Gasteiger charge is -2.23. The lowest BCUT2D eigenvalue weighted by molar-refractivity contribution is 0.0727. The van der Waals surface area contributed by atoms with Gasteiger partial charge in [-0.3, -0.25) is 14.9 Å². The molecule has 5 rings (SSSR count). The number of amides is 1. The highest BCUT2D eigenvalue weighted by atomic mass is 16.7. The number of nitrogens with one attached hydrogen (secondary N) is 1. The number of pyridine rings is 1. The average molecular weight is 412 g/mol. The van der Waals surface area contributed by atoms with Crippen LogP contribution in [0.15, 0.2) is 79.1 Å². The highest BCUT2D eigenvalue weighted by Gasteiger charge is 2.22. The largest absolute Gasteiger partial charge is 0.454 e. The minimum atomic E-state index is -0.121. The van der Waals surface area contributed by atoms with Crippen LogP contribution in [0.5, 0.6) is 11.5 Å². The topological polar surface area (TPSA) is 80.3 Å². The van der Waals surface area contributed by atoms with Crippen molar-refractivity contribution in [3.8, 4) is 22.8 Å². The summed E-state index contributed by atoms with van der Waals surface area (Å²) in [5.41, 5.74) is 4.18. The highest BCUT2D eigenvalue weighted by molar-refractivity contribution is 5.95. The predicted molar refractivity (Wildman–Crippen MR) is 114 cm³/mol. The number of hydrogen-bond donors (Lipinski definition) is 1. The molecule has 2 aromatic carbocycles. The van der Waals surface area contributed by atoms with Crippen LogP contribution in [-0.2, 0) is 13.1 Å². The number of aromatic nitrogens is 3. The van der Waals surface area contributed by atoms with E-state index in [1.165, 1.54) is 0 Å². The zero-order chi connectivity index (χ0) is 21.0. The molecule has 154 valence electrons. The van der Waals surface area contributed by atoms with Gasteiger partial charge in [0.05, 0.1) is 30.7 Å². The Hall–Kier alpha value is -4.13. The lowest BCUT2D eigenvalue weighted by Crippen LogP contribution is -2.30. The second kappa shape index (κ2) is 8.31. The molecule has 0 unspecified atom stereocenters. The van der Waals surface area contributed by atoms with Crippen LogP contribution in [0.2, 0.25) is 0 Å². The SMILES string of the molecule is O=C(c1ccc2c(c1)OCO2)N(Cc1ccccn1)Cc1cn[nH]c1-c1ccccc1. The molecular formula is C24H20N4O3. The van der Waals surface area contributed by atoms with E-state index in [2.05, 4.69) is 15.2 Å². The van der Waals surface area contributed by atoms with Crippen LogP contribution in [0.1, 0.15) is 21.6 Å². The monoisotopic (exact) mass is 412 g/mol. The van der Waals surface area contributed by atoms with E-state index in [4.69, 9.17) is 9.47 Å². The summed E-state index contributed by atoms with van der Waals surface area (Å²) in [6, 6.07) is 20.9. The Balaban J connectivity index is 1.47. The van der Waals surface area contributed by atoms with E-state index in [1.54, 1.807) is 35.5 Å². The molecule has 0 atom stereocenters. The molecule has 7 heteroatoms.